The van der Waals surface area contributed by atoms with Crippen molar-refractivity contribution in [3.63, 3.8) is 0 Å². The Bertz CT molecular complexity index is 246. The Kier molecular flexibility index (Phi) is 5.60. The van der Waals surface area contributed by atoms with Gasteiger partial charge in [-0.15, -0.1) is 0 Å². The number of carbonyl (C=O) groups excluding carboxylic acids is 2. The van der Waals surface area contributed by atoms with Crippen LogP contribution in [-0.2, 0) is 14.3 Å². The van der Waals surface area contributed by atoms with Gasteiger partial charge in [-0.05, 0) is 20.3 Å². The Balaban J connectivity index is 4.19. The van der Waals surface area contributed by atoms with E-state index >= 15 is 0 Å². The number of amides is 1. The Morgan fingerprint density at radius 2 is 2.07 bits per heavy atom. The first-order chi connectivity index (χ1) is 6.52. The first kappa shape index (κ1) is 12.7. The van der Waals surface area contributed by atoms with Gasteiger partial charge in [0.2, 0.25) is 5.91 Å². The van der Waals surface area contributed by atoms with E-state index in [4.69, 9.17) is 0 Å². The van der Waals surface area contributed by atoms with Crippen molar-refractivity contribution in [1.82, 2.24) is 5.32 Å². The second-order valence-corrected chi connectivity index (χ2v) is 3.01. The van der Waals surface area contributed by atoms with Gasteiger partial charge in [0.05, 0.1) is 7.11 Å². The van der Waals surface area contributed by atoms with E-state index in [9.17, 15) is 9.59 Å². The fraction of sp³-hybridized carbons (Fsp3) is 0.600. The fourth-order valence-corrected chi connectivity index (χ4v) is 0.945. The van der Waals surface area contributed by atoms with Gasteiger partial charge in [-0.25, -0.2) is 4.79 Å². The van der Waals surface area contributed by atoms with E-state index in [2.05, 4.69) is 10.1 Å². The molecule has 0 radical (unpaired) electrons. The van der Waals surface area contributed by atoms with Crippen molar-refractivity contribution in [3.8, 4) is 0 Å². The molecule has 4 heteroatoms. The van der Waals surface area contributed by atoms with Crippen LogP contribution in [0.4, 0.5) is 0 Å². The molecule has 0 aromatic carbocycles. The lowest BCUT2D eigenvalue weighted by atomic mass is 10.2. The molecule has 4 nitrogen and oxygen atoms in total. The fourth-order valence-electron chi connectivity index (χ4n) is 0.945. The van der Waals surface area contributed by atoms with Crippen LogP contribution in [0.3, 0.4) is 0 Å². The molecule has 1 atom stereocenters. The van der Waals surface area contributed by atoms with Gasteiger partial charge in [0, 0.05) is 5.57 Å². The summed E-state index contributed by atoms with van der Waals surface area (Å²) >= 11 is 0. The number of nitrogens with one attached hydrogen (secondary N) is 1. The van der Waals surface area contributed by atoms with Crippen LogP contribution in [0, 0.1) is 0 Å². The predicted octanol–water partition coefficient (Wildman–Crippen LogP) is 1.02. The number of carbonyl (C=O) groups is 2. The van der Waals surface area contributed by atoms with Gasteiger partial charge in [-0.2, -0.15) is 0 Å². The number of methoxy groups -OCH3 is 1. The van der Waals surface area contributed by atoms with Crippen molar-refractivity contribution in [2.45, 2.75) is 33.2 Å². The maximum absolute atomic E-state index is 11.4. The molecule has 0 saturated heterocycles. The molecular formula is C10H17NO3. The summed E-state index contributed by atoms with van der Waals surface area (Å²) in [5.41, 5.74) is 0.614. The predicted molar refractivity (Wildman–Crippen MR) is 53.7 cm³/mol. The summed E-state index contributed by atoms with van der Waals surface area (Å²) in [6.45, 7) is 5.24. The molecule has 0 bridgehead atoms. The lowest BCUT2D eigenvalue weighted by Gasteiger charge is -2.11. The van der Waals surface area contributed by atoms with E-state index in [-0.39, 0.29) is 5.91 Å². The van der Waals surface area contributed by atoms with Crippen molar-refractivity contribution >= 4 is 11.9 Å². The van der Waals surface area contributed by atoms with E-state index in [1.54, 1.807) is 19.9 Å². The van der Waals surface area contributed by atoms with Crippen molar-refractivity contribution in [3.05, 3.63) is 11.6 Å². The van der Waals surface area contributed by atoms with E-state index in [0.717, 1.165) is 6.42 Å². The molecule has 0 fully saturated rings. The molecule has 0 heterocycles. The van der Waals surface area contributed by atoms with Crippen LogP contribution in [0.1, 0.15) is 27.2 Å². The highest BCUT2D eigenvalue weighted by Gasteiger charge is 2.15. The Hall–Kier alpha value is -1.32. The molecule has 0 aliphatic carbocycles. The summed E-state index contributed by atoms with van der Waals surface area (Å²) in [5, 5.41) is 2.53. The van der Waals surface area contributed by atoms with E-state index in [0.29, 0.717) is 5.57 Å². The summed E-state index contributed by atoms with van der Waals surface area (Å²) in [4.78, 5) is 22.3. The highest BCUT2D eigenvalue weighted by molar-refractivity contribution is 5.95. The first-order valence-electron chi connectivity index (χ1n) is 4.58. The van der Waals surface area contributed by atoms with Gasteiger partial charge in [0.25, 0.3) is 0 Å². The molecule has 80 valence electrons. The first-order valence-corrected chi connectivity index (χ1v) is 4.58. The van der Waals surface area contributed by atoms with Crippen LogP contribution in [0.2, 0.25) is 0 Å². The average molecular weight is 199 g/mol. The largest absolute Gasteiger partial charge is 0.467 e. The maximum Gasteiger partial charge on any atom is 0.328 e. The number of rotatable bonds is 4. The Morgan fingerprint density at radius 1 is 1.50 bits per heavy atom. The van der Waals surface area contributed by atoms with Gasteiger partial charge in [-0.3, -0.25) is 4.79 Å². The molecule has 0 aromatic rings. The lowest BCUT2D eigenvalue weighted by Crippen LogP contribution is -2.39. The smallest absolute Gasteiger partial charge is 0.328 e. The Labute approximate surface area is 84.3 Å². The minimum Gasteiger partial charge on any atom is -0.467 e. The summed E-state index contributed by atoms with van der Waals surface area (Å²) in [5.74, 6) is -0.674. The minimum absolute atomic E-state index is 0.232. The second-order valence-electron chi connectivity index (χ2n) is 3.01. The van der Waals surface area contributed by atoms with E-state index in [1.165, 1.54) is 7.11 Å². The molecule has 14 heavy (non-hydrogen) atoms. The zero-order valence-electron chi connectivity index (χ0n) is 9.09. The second kappa shape index (κ2) is 6.18. The highest BCUT2D eigenvalue weighted by atomic mass is 16.5. The SMILES string of the molecule is CCC=C(C)C(=O)NC(C)C(=O)OC. The highest BCUT2D eigenvalue weighted by Crippen LogP contribution is 1.96. The molecular weight excluding hydrogens is 182 g/mol. The summed E-state index contributed by atoms with van der Waals surface area (Å²) < 4.78 is 4.48. The number of hydrogen-bond acceptors (Lipinski definition) is 3. The summed E-state index contributed by atoms with van der Waals surface area (Å²) in [6.07, 6.45) is 2.60. The standard InChI is InChI=1S/C10H17NO3/c1-5-6-7(2)9(12)11-8(3)10(13)14-4/h6,8H,5H2,1-4H3,(H,11,12). The van der Waals surface area contributed by atoms with Gasteiger partial charge < -0.3 is 10.1 Å². The van der Waals surface area contributed by atoms with Gasteiger partial charge in [-0.1, -0.05) is 13.0 Å². The van der Waals surface area contributed by atoms with E-state index < -0.39 is 12.0 Å². The van der Waals surface area contributed by atoms with Crippen LogP contribution in [0.25, 0.3) is 0 Å². The molecule has 1 unspecified atom stereocenters. The number of esters is 1. The Morgan fingerprint density at radius 3 is 2.50 bits per heavy atom. The molecule has 0 saturated carbocycles. The van der Waals surface area contributed by atoms with E-state index in [1.807, 2.05) is 6.92 Å². The normalized spacial score (nSPS) is 13.3. The molecule has 1 N–H and O–H groups in total. The lowest BCUT2D eigenvalue weighted by molar-refractivity contribution is -0.144. The van der Waals surface area contributed by atoms with Crippen molar-refractivity contribution < 1.29 is 14.3 Å². The van der Waals surface area contributed by atoms with Crippen molar-refractivity contribution in [2.75, 3.05) is 7.11 Å². The zero-order chi connectivity index (χ0) is 11.1. The van der Waals surface area contributed by atoms with Crippen LogP contribution < -0.4 is 5.32 Å². The van der Waals surface area contributed by atoms with Crippen molar-refractivity contribution in [1.29, 1.82) is 0 Å². The summed E-state index contributed by atoms with van der Waals surface area (Å²) in [6, 6.07) is -0.604. The monoisotopic (exact) mass is 199 g/mol. The topological polar surface area (TPSA) is 55.4 Å². The molecule has 0 rings (SSSR count). The third-order valence-corrected chi connectivity index (χ3v) is 1.77. The molecule has 0 aliphatic rings. The third kappa shape index (κ3) is 4.07. The minimum atomic E-state index is -0.604. The zero-order valence-corrected chi connectivity index (χ0v) is 9.09. The molecule has 0 aromatic heterocycles. The van der Waals surface area contributed by atoms with Crippen LogP contribution in [0.15, 0.2) is 11.6 Å². The van der Waals surface area contributed by atoms with Crippen molar-refractivity contribution in [2.24, 2.45) is 0 Å². The quantitative estimate of drug-likeness (QED) is 0.543. The van der Waals surface area contributed by atoms with Crippen LogP contribution in [-0.4, -0.2) is 25.0 Å². The maximum atomic E-state index is 11.4. The molecule has 0 aliphatic heterocycles. The number of allylic oxidation sites excluding steroid dienone is 1. The molecule has 1 amide bonds. The number of hydrogen-bond donors (Lipinski definition) is 1. The van der Waals surface area contributed by atoms with Gasteiger partial charge in [0.15, 0.2) is 0 Å². The molecule has 0 spiro atoms. The third-order valence-electron chi connectivity index (χ3n) is 1.77. The number of ether oxygens (including phenoxy) is 1. The van der Waals surface area contributed by atoms with Gasteiger partial charge >= 0.3 is 5.97 Å². The van der Waals surface area contributed by atoms with Crippen LogP contribution in [0.5, 0.6) is 0 Å². The average Bonchev–Trinajstić information content (AvgIpc) is 2.16. The summed E-state index contributed by atoms with van der Waals surface area (Å²) in [7, 11) is 1.29. The van der Waals surface area contributed by atoms with Crippen LogP contribution >= 0.6 is 0 Å². The van der Waals surface area contributed by atoms with Gasteiger partial charge in [0.1, 0.15) is 6.04 Å².